The molecule has 3 aromatic carbocycles. The number of esters is 2. The maximum atomic E-state index is 11.4. The van der Waals surface area contributed by atoms with Crippen LogP contribution >= 0.6 is 0 Å². The molecule has 0 aliphatic rings. The average Bonchev–Trinajstić information content (AvgIpc) is 3.24. The van der Waals surface area contributed by atoms with E-state index in [-0.39, 0.29) is 36.6 Å². The fourth-order valence-corrected chi connectivity index (χ4v) is 5.64. The predicted octanol–water partition coefficient (Wildman–Crippen LogP) is 2.73. The Kier molecular flexibility index (Phi) is 19.3. The molecule has 14 heteroatoms. The molecule has 0 radical (unpaired) electrons. The Morgan fingerprint density at radius 1 is 0.625 bits per heavy atom. The van der Waals surface area contributed by atoms with E-state index in [0.29, 0.717) is 19.6 Å². The monoisotopic (exact) mass is 758 g/mol. The van der Waals surface area contributed by atoms with Gasteiger partial charge in [0.25, 0.3) is 0 Å². The topological polar surface area (TPSA) is 182 Å². The van der Waals surface area contributed by atoms with Crippen molar-refractivity contribution >= 4 is 19.3 Å². The summed E-state index contributed by atoms with van der Waals surface area (Å²) < 4.78 is 16.7. The third kappa shape index (κ3) is 13.4. The number of carbonyl (C=O) groups excluding carboxylic acids is 2. The van der Waals surface area contributed by atoms with Gasteiger partial charge in [0.2, 0.25) is 12.4 Å². The molecule has 0 aliphatic heterocycles. The standard InChI is InChI=1S/C22H21BO3.2C10H11N2O3/c24-23(25)26-18-10-17-22(19-11-4-1-5-12-19,20-13-6-2-7-14-20)21-15-8-3-9-16-21;2*1-2-15-12-7-4-3-5-9(12)10(13)14-8-6-11/h1-9,11-16H,10,17-18H2;2*3-5,7H,2,8H2,1H3/q-2;2*+1. The van der Waals surface area contributed by atoms with Gasteiger partial charge in [0.05, 0.1) is 7.32 Å². The van der Waals surface area contributed by atoms with Gasteiger partial charge < -0.3 is 24.2 Å². The van der Waals surface area contributed by atoms with E-state index in [0.717, 1.165) is 6.42 Å². The third-order valence-corrected chi connectivity index (χ3v) is 7.89. The molecule has 0 unspecified atom stereocenters. The first-order valence-electron chi connectivity index (χ1n) is 17.8. The molecule has 0 saturated carbocycles. The van der Waals surface area contributed by atoms with Crippen LogP contribution in [0.1, 0.15) is 64.4 Å². The Morgan fingerprint density at radius 2 is 1.00 bits per heavy atom. The summed E-state index contributed by atoms with van der Waals surface area (Å²) in [6, 6.07) is 44.5. The third-order valence-electron chi connectivity index (χ3n) is 7.89. The molecule has 0 saturated heterocycles. The van der Waals surface area contributed by atoms with Crippen molar-refractivity contribution in [3.05, 3.63) is 168 Å². The number of ether oxygens (including phenoxy) is 2. The van der Waals surface area contributed by atoms with Crippen molar-refractivity contribution in [3.8, 4) is 12.1 Å². The van der Waals surface area contributed by atoms with Gasteiger partial charge in [-0.15, -0.1) is 0 Å². The Labute approximate surface area is 327 Å². The minimum Gasteiger partial charge on any atom is -0.871 e. The van der Waals surface area contributed by atoms with E-state index in [1.165, 1.54) is 26.2 Å². The SMILES string of the molecule is CCO[n+]1ccccc1C(=O)OCC#N.CCO[n+]1ccccc1C(=O)OCC#N.[O-]B([O-])OCCCC(c1ccccc1)(c1ccccc1)c1ccccc1. The predicted molar refractivity (Wildman–Crippen MR) is 199 cm³/mol. The lowest BCUT2D eigenvalue weighted by Crippen LogP contribution is -2.48. The van der Waals surface area contributed by atoms with Crippen molar-refractivity contribution in [3.63, 3.8) is 0 Å². The Hall–Kier alpha value is -6.58. The number of nitriles is 2. The van der Waals surface area contributed by atoms with Crippen LogP contribution in [0.2, 0.25) is 0 Å². The summed E-state index contributed by atoms with van der Waals surface area (Å²) in [6.45, 7) is 4.13. The summed E-state index contributed by atoms with van der Waals surface area (Å²) in [4.78, 5) is 33.2. The maximum Gasteiger partial charge on any atom is 0.409 e. The van der Waals surface area contributed by atoms with E-state index >= 15 is 0 Å². The molecule has 5 aromatic rings. The second kappa shape index (κ2) is 24.7. The zero-order valence-electron chi connectivity index (χ0n) is 31.3. The number of aromatic nitrogens is 2. The molecule has 0 spiro atoms. The van der Waals surface area contributed by atoms with Crippen molar-refractivity contribution in [1.29, 1.82) is 10.5 Å². The van der Waals surface area contributed by atoms with Gasteiger partial charge in [0.15, 0.2) is 26.4 Å². The van der Waals surface area contributed by atoms with Crippen LogP contribution in [0.5, 0.6) is 0 Å². The Bertz CT molecular complexity index is 1820. The number of nitrogens with zero attached hydrogens (tertiary/aromatic N) is 4. The molecule has 0 N–H and O–H groups in total. The Morgan fingerprint density at radius 3 is 1.34 bits per heavy atom. The highest BCUT2D eigenvalue weighted by Crippen LogP contribution is 2.42. The van der Waals surface area contributed by atoms with E-state index in [2.05, 4.69) is 45.9 Å². The molecule has 0 amide bonds. The van der Waals surface area contributed by atoms with Gasteiger partial charge in [0, 0.05) is 45.7 Å². The van der Waals surface area contributed by atoms with E-state index in [4.69, 9.17) is 24.9 Å². The summed E-state index contributed by atoms with van der Waals surface area (Å²) in [7, 11) is -2.23. The quantitative estimate of drug-likeness (QED) is 0.0475. The largest absolute Gasteiger partial charge is 0.871 e. The summed E-state index contributed by atoms with van der Waals surface area (Å²) >= 11 is 0. The molecule has 2 heterocycles. The lowest BCUT2D eigenvalue weighted by molar-refractivity contribution is -0.892. The molecule has 0 atom stereocenters. The van der Waals surface area contributed by atoms with Gasteiger partial charge in [-0.2, -0.15) is 10.5 Å². The summed E-state index contributed by atoms with van der Waals surface area (Å²) in [5.74, 6) is -1.16. The normalized spacial score (nSPS) is 10.1. The molecular formula is C42H43BN4O9. The Balaban J connectivity index is 0.000000241. The number of pyridine rings is 2. The molecule has 2 aromatic heterocycles. The molecule has 5 rings (SSSR count). The van der Waals surface area contributed by atoms with E-state index in [1.807, 2.05) is 68.4 Å². The number of hydrogen-bond acceptors (Lipinski definition) is 11. The maximum absolute atomic E-state index is 11.4. The first-order chi connectivity index (χ1) is 27.3. The second-order valence-corrected chi connectivity index (χ2v) is 11.4. The summed E-state index contributed by atoms with van der Waals surface area (Å²) in [6.07, 6.45) is 4.55. The highest BCUT2D eigenvalue weighted by molar-refractivity contribution is 6.28. The highest BCUT2D eigenvalue weighted by atomic mass is 16.7. The second-order valence-electron chi connectivity index (χ2n) is 11.4. The van der Waals surface area contributed by atoms with Crippen LogP contribution in [0.4, 0.5) is 0 Å². The van der Waals surface area contributed by atoms with Crippen LogP contribution < -0.4 is 29.2 Å². The number of carbonyl (C=O) groups is 2. The smallest absolute Gasteiger partial charge is 0.409 e. The van der Waals surface area contributed by atoms with Gasteiger partial charge in [0.1, 0.15) is 12.1 Å². The highest BCUT2D eigenvalue weighted by Gasteiger charge is 2.35. The average molecular weight is 759 g/mol. The van der Waals surface area contributed by atoms with Gasteiger partial charge in [-0.1, -0.05) is 91.0 Å². The van der Waals surface area contributed by atoms with Crippen molar-refractivity contribution in [2.75, 3.05) is 33.0 Å². The van der Waals surface area contributed by atoms with Crippen LogP contribution in [0.15, 0.2) is 140 Å². The van der Waals surface area contributed by atoms with Crippen molar-refractivity contribution in [1.82, 2.24) is 0 Å². The van der Waals surface area contributed by atoms with Crippen LogP contribution in [0.3, 0.4) is 0 Å². The molecule has 56 heavy (non-hydrogen) atoms. The first kappa shape index (κ1) is 43.8. The molecule has 0 bridgehead atoms. The van der Waals surface area contributed by atoms with Crippen molar-refractivity contribution in [2.24, 2.45) is 0 Å². The number of hydrogen-bond donors (Lipinski definition) is 0. The fourth-order valence-electron chi connectivity index (χ4n) is 5.64. The van der Waals surface area contributed by atoms with Crippen LogP contribution in [0, 0.1) is 22.7 Å². The van der Waals surface area contributed by atoms with Gasteiger partial charge in [-0.25, -0.2) is 9.59 Å². The lowest BCUT2D eigenvalue weighted by Gasteiger charge is -2.37. The van der Waals surface area contributed by atoms with Gasteiger partial charge in [-0.3, -0.25) is 9.68 Å². The van der Waals surface area contributed by atoms with E-state index < -0.39 is 19.3 Å². The minimum absolute atomic E-state index is 0.159. The molecule has 288 valence electrons. The fraction of sp³-hybridized carbons (Fsp3) is 0.238. The van der Waals surface area contributed by atoms with Gasteiger partial charge >= 0.3 is 23.3 Å². The zero-order chi connectivity index (χ0) is 40.4. The molecule has 0 fully saturated rings. The van der Waals surface area contributed by atoms with Crippen LogP contribution in [0.25, 0.3) is 0 Å². The van der Waals surface area contributed by atoms with Crippen molar-refractivity contribution in [2.45, 2.75) is 32.1 Å². The zero-order valence-corrected chi connectivity index (χ0v) is 31.3. The van der Waals surface area contributed by atoms with E-state index in [1.54, 1.807) is 60.9 Å². The van der Waals surface area contributed by atoms with Crippen LogP contribution in [-0.2, 0) is 19.5 Å². The summed E-state index contributed by atoms with van der Waals surface area (Å²) in [5, 5.41) is 37.9. The van der Waals surface area contributed by atoms with E-state index in [9.17, 15) is 19.6 Å². The summed E-state index contributed by atoms with van der Waals surface area (Å²) in [5.41, 5.74) is 3.69. The number of rotatable bonds is 16. The van der Waals surface area contributed by atoms with Gasteiger partial charge in [-0.05, 0) is 55.5 Å². The minimum atomic E-state index is -2.23. The lowest BCUT2D eigenvalue weighted by atomic mass is 9.67. The van der Waals surface area contributed by atoms with Crippen molar-refractivity contribution < 1.29 is 52.9 Å². The first-order valence-corrected chi connectivity index (χ1v) is 17.8. The molecule has 13 nitrogen and oxygen atoms in total. The number of benzene rings is 3. The van der Waals surface area contributed by atoms with Crippen LogP contribution in [-0.4, -0.2) is 52.3 Å². The molecule has 0 aliphatic carbocycles. The molecular weight excluding hydrogens is 715 g/mol.